The van der Waals surface area contributed by atoms with Gasteiger partial charge in [-0.1, -0.05) is 18.2 Å². The zero-order chi connectivity index (χ0) is 19.6. The number of nitrogens with zero attached hydrogens (tertiary/aromatic N) is 2. The van der Waals surface area contributed by atoms with Gasteiger partial charge in [0.2, 0.25) is 0 Å². The third kappa shape index (κ3) is 3.76. The molecular weight excluding hydrogens is 354 g/mol. The summed E-state index contributed by atoms with van der Waals surface area (Å²) < 4.78 is 12.0. The number of rotatable bonds is 5. The fraction of sp³-hybridized carbons (Fsp3) is 0.389. The van der Waals surface area contributed by atoms with Gasteiger partial charge >= 0.3 is 5.69 Å². The van der Waals surface area contributed by atoms with Crippen LogP contribution in [0.3, 0.4) is 0 Å². The molecule has 0 bridgehead atoms. The molecule has 0 spiro atoms. The van der Waals surface area contributed by atoms with E-state index in [-0.39, 0.29) is 11.7 Å². The Balaban J connectivity index is 1.87. The Morgan fingerprint density at radius 2 is 2.07 bits per heavy atom. The number of aryl methyl sites for hydroxylation is 1. The maximum Gasteiger partial charge on any atom is 0.351 e. The van der Waals surface area contributed by atoms with Crippen molar-refractivity contribution in [1.82, 2.24) is 9.55 Å². The molecule has 4 atom stereocenters. The van der Waals surface area contributed by atoms with E-state index < -0.39 is 36.8 Å². The average Bonchev–Trinajstić information content (AvgIpc) is 3.00. The molecule has 3 N–H and O–H groups in total. The molecular formula is C18H21N3O6. The molecule has 144 valence electrons. The number of aliphatic hydroxyl groups excluding tert-OH is 2. The highest BCUT2D eigenvalue weighted by Crippen LogP contribution is 2.30. The van der Waals surface area contributed by atoms with Crippen molar-refractivity contribution < 1.29 is 24.5 Å². The summed E-state index contributed by atoms with van der Waals surface area (Å²) in [5.74, 6) is -0.248. The third-order valence-corrected chi connectivity index (χ3v) is 4.44. The molecule has 1 aliphatic heterocycles. The van der Waals surface area contributed by atoms with Gasteiger partial charge in [-0.15, -0.1) is 0 Å². The summed E-state index contributed by atoms with van der Waals surface area (Å²) in [6, 6.07) is 8.57. The van der Waals surface area contributed by atoms with Crippen LogP contribution in [-0.4, -0.2) is 57.7 Å². The van der Waals surface area contributed by atoms with Gasteiger partial charge in [0.1, 0.15) is 24.1 Å². The van der Waals surface area contributed by atoms with Crippen LogP contribution in [0.5, 0.6) is 0 Å². The lowest BCUT2D eigenvalue weighted by atomic mass is 10.1. The van der Waals surface area contributed by atoms with Gasteiger partial charge in [0.25, 0.3) is 5.91 Å². The minimum Gasteiger partial charge on any atom is -0.394 e. The number of hydrogen-bond donors (Lipinski definition) is 3. The quantitative estimate of drug-likeness (QED) is 0.676. The number of carbonyl (C=O) groups excluding carboxylic acids is 1. The zero-order valence-corrected chi connectivity index (χ0v) is 14.9. The SMILES string of the molecule is CO[C@@H]1[C@H](O)[C@@H](CO)O[C@H]1n1cc(C)c(NC(=O)c2ccccc2)nc1=O. The molecule has 0 radical (unpaired) electrons. The Morgan fingerprint density at radius 3 is 2.70 bits per heavy atom. The molecule has 0 unspecified atom stereocenters. The molecule has 27 heavy (non-hydrogen) atoms. The first-order valence-electron chi connectivity index (χ1n) is 8.39. The van der Waals surface area contributed by atoms with E-state index in [1.807, 2.05) is 0 Å². The summed E-state index contributed by atoms with van der Waals surface area (Å²) in [6.07, 6.45) is -2.27. The highest BCUT2D eigenvalue weighted by molar-refractivity contribution is 6.03. The van der Waals surface area contributed by atoms with E-state index in [0.29, 0.717) is 11.1 Å². The zero-order valence-electron chi connectivity index (χ0n) is 14.9. The summed E-state index contributed by atoms with van der Waals surface area (Å²) in [7, 11) is 1.38. The second kappa shape index (κ2) is 7.97. The molecule has 1 amide bonds. The lowest BCUT2D eigenvalue weighted by Crippen LogP contribution is -2.37. The van der Waals surface area contributed by atoms with E-state index in [4.69, 9.17) is 9.47 Å². The van der Waals surface area contributed by atoms with Crippen LogP contribution in [0.15, 0.2) is 41.3 Å². The van der Waals surface area contributed by atoms with Gasteiger partial charge in [-0.25, -0.2) is 4.79 Å². The van der Waals surface area contributed by atoms with Crippen molar-refractivity contribution in [2.75, 3.05) is 19.0 Å². The number of ether oxygens (including phenoxy) is 2. The molecule has 1 aromatic heterocycles. The molecule has 0 saturated carbocycles. The number of carbonyl (C=O) groups is 1. The van der Waals surface area contributed by atoms with Crippen molar-refractivity contribution in [3.63, 3.8) is 0 Å². The Morgan fingerprint density at radius 1 is 1.37 bits per heavy atom. The molecule has 2 heterocycles. The van der Waals surface area contributed by atoms with Gasteiger partial charge in [0.05, 0.1) is 6.61 Å². The summed E-state index contributed by atoms with van der Waals surface area (Å²) in [6.45, 7) is 1.27. The lowest BCUT2D eigenvalue weighted by molar-refractivity contribution is -0.0625. The van der Waals surface area contributed by atoms with Crippen LogP contribution in [0.1, 0.15) is 22.1 Å². The van der Waals surface area contributed by atoms with Crippen molar-refractivity contribution in [2.24, 2.45) is 0 Å². The lowest BCUT2D eigenvalue weighted by Gasteiger charge is -2.21. The van der Waals surface area contributed by atoms with Crippen molar-refractivity contribution >= 4 is 11.7 Å². The maximum absolute atomic E-state index is 12.5. The van der Waals surface area contributed by atoms with Crippen LogP contribution in [-0.2, 0) is 9.47 Å². The first kappa shape index (κ1) is 19.2. The maximum atomic E-state index is 12.5. The smallest absolute Gasteiger partial charge is 0.351 e. The Labute approximate surface area is 155 Å². The normalized spacial score (nSPS) is 24.7. The second-order valence-corrected chi connectivity index (χ2v) is 6.22. The first-order valence-corrected chi connectivity index (χ1v) is 8.39. The number of anilines is 1. The standard InChI is InChI=1S/C18H21N3O6/c1-10-8-21(17-14(26-2)13(23)12(9-22)27-17)18(25)20-15(10)19-16(24)11-6-4-3-5-7-11/h3-8,12-14,17,22-23H,9H2,1-2H3,(H,19,20,24,25)/t12-,13-,14-,17-/m1/s1. The van der Waals surface area contributed by atoms with E-state index >= 15 is 0 Å². The second-order valence-electron chi connectivity index (χ2n) is 6.22. The van der Waals surface area contributed by atoms with Crippen LogP contribution >= 0.6 is 0 Å². The predicted molar refractivity (Wildman–Crippen MR) is 95.4 cm³/mol. The van der Waals surface area contributed by atoms with Crippen molar-refractivity contribution in [3.8, 4) is 0 Å². The summed E-state index contributed by atoms with van der Waals surface area (Å²) in [5, 5.41) is 22.1. The van der Waals surface area contributed by atoms with Gasteiger partial charge in [-0.05, 0) is 19.1 Å². The van der Waals surface area contributed by atoms with Crippen molar-refractivity contribution in [2.45, 2.75) is 31.5 Å². The molecule has 0 aliphatic carbocycles. The van der Waals surface area contributed by atoms with Gasteiger partial charge < -0.3 is 25.0 Å². The fourth-order valence-corrected chi connectivity index (χ4v) is 2.99. The first-order chi connectivity index (χ1) is 13.0. The molecule has 9 heteroatoms. The topological polar surface area (TPSA) is 123 Å². The molecule has 1 fully saturated rings. The van der Waals surface area contributed by atoms with E-state index in [1.165, 1.54) is 17.9 Å². The van der Waals surface area contributed by atoms with Gasteiger partial charge in [-0.3, -0.25) is 9.36 Å². The number of nitrogens with one attached hydrogen (secondary N) is 1. The average molecular weight is 375 g/mol. The summed E-state index contributed by atoms with van der Waals surface area (Å²) in [5.41, 5.74) is 0.288. The van der Waals surface area contributed by atoms with Gasteiger partial charge in [0.15, 0.2) is 6.23 Å². The molecule has 2 aromatic rings. The van der Waals surface area contributed by atoms with E-state index in [9.17, 15) is 19.8 Å². The van der Waals surface area contributed by atoms with Crippen LogP contribution in [0.25, 0.3) is 0 Å². The van der Waals surface area contributed by atoms with Crippen LogP contribution in [0.2, 0.25) is 0 Å². The highest BCUT2D eigenvalue weighted by atomic mass is 16.6. The van der Waals surface area contributed by atoms with E-state index in [2.05, 4.69) is 10.3 Å². The molecule has 3 rings (SSSR count). The largest absolute Gasteiger partial charge is 0.394 e. The minimum atomic E-state index is -1.09. The fourth-order valence-electron chi connectivity index (χ4n) is 2.99. The third-order valence-electron chi connectivity index (χ3n) is 4.44. The molecule has 1 saturated heterocycles. The predicted octanol–water partition coefficient (Wildman–Crippen LogP) is 0.0696. The van der Waals surface area contributed by atoms with Crippen molar-refractivity contribution in [3.05, 3.63) is 58.1 Å². The Bertz CT molecular complexity index is 869. The Kier molecular flexibility index (Phi) is 5.66. The van der Waals surface area contributed by atoms with Crippen molar-refractivity contribution in [1.29, 1.82) is 0 Å². The highest BCUT2D eigenvalue weighted by Gasteiger charge is 2.45. The molecule has 1 aliphatic rings. The molecule has 1 aromatic carbocycles. The number of methoxy groups -OCH3 is 1. The number of hydrogen-bond acceptors (Lipinski definition) is 7. The number of aromatic nitrogens is 2. The number of aliphatic hydroxyl groups is 2. The monoisotopic (exact) mass is 375 g/mol. The number of benzene rings is 1. The minimum absolute atomic E-state index is 0.135. The summed E-state index contributed by atoms with van der Waals surface area (Å²) >= 11 is 0. The summed E-state index contributed by atoms with van der Waals surface area (Å²) in [4.78, 5) is 28.7. The van der Waals surface area contributed by atoms with E-state index in [1.54, 1.807) is 37.3 Å². The van der Waals surface area contributed by atoms with E-state index in [0.717, 1.165) is 0 Å². The van der Waals surface area contributed by atoms with Gasteiger partial charge in [0, 0.05) is 24.4 Å². The van der Waals surface area contributed by atoms with Gasteiger partial charge in [-0.2, -0.15) is 4.98 Å². The molecule has 9 nitrogen and oxygen atoms in total. The van der Waals surface area contributed by atoms with Crippen LogP contribution < -0.4 is 11.0 Å². The van der Waals surface area contributed by atoms with Crippen LogP contribution in [0, 0.1) is 6.92 Å². The number of amides is 1. The Hall–Kier alpha value is -2.59. The van der Waals surface area contributed by atoms with Crippen LogP contribution in [0.4, 0.5) is 5.82 Å².